The van der Waals surface area contributed by atoms with Crippen LogP contribution in [0.2, 0.25) is 0 Å². The highest BCUT2D eigenvalue weighted by atomic mass is 31.1. The summed E-state index contributed by atoms with van der Waals surface area (Å²) in [7, 11) is 0.598. The first kappa shape index (κ1) is 26.5. The predicted molar refractivity (Wildman–Crippen MR) is 158 cm³/mol. The predicted octanol–water partition coefficient (Wildman–Crippen LogP) is 5.07. The van der Waals surface area contributed by atoms with Crippen LogP contribution in [0.3, 0.4) is 0 Å². The third-order valence-corrected chi connectivity index (χ3v) is 7.76. The molecule has 7 nitrogen and oxygen atoms in total. The number of aromatic hydroxyl groups is 1. The Kier molecular flexibility index (Phi) is 8.67. The van der Waals surface area contributed by atoms with Crippen molar-refractivity contribution in [1.29, 1.82) is 0 Å². The number of phenolic OH excluding ortho intramolecular Hbond substituents is 1. The first-order valence-corrected chi connectivity index (χ1v) is 14.2. The Hall–Kier alpha value is -3.57. The summed E-state index contributed by atoms with van der Waals surface area (Å²) >= 11 is 0. The molecule has 2 unspecified atom stereocenters. The topological polar surface area (TPSA) is 91.7 Å². The second-order valence-electron chi connectivity index (χ2n) is 9.43. The molecule has 2 atom stereocenters. The van der Waals surface area contributed by atoms with E-state index in [1.165, 1.54) is 35.9 Å². The highest BCUT2D eigenvalue weighted by Gasteiger charge is 2.21. The first-order valence-electron chi connectivity index (χ1n) is 12.7. The van der Waals surface area contributed by atoms with Crippen LogP contribution in [-0.4, -0.2) is 46.0 Å². The molecule has 0 saturated carbocycles. The van der Waals surface area contributed by atoms with E-state index in [4.69, 9.17) is 4.98 Å². The number of phenols is 1. The van der Waals surface area contributed by atoms with Gasteiger partial charge >= 0.3 is 0 Å². The maximum Gasteiger partial charge on any atom is 0.165 e. The van der Waals surface area contributed by atoms with Crippen molar-refractivity contribution < 1.29 is 5.11 Å². The number of rotatable bonds is 6. The van der Waals surface area contributed by atoms with E-state index < -0.39 is 0 Å². The minimum absolute atomic E-state index is 0.238. The summed E-state index contributed by atoms with van der Waals surface area (Å²) in [6.45, 7) is 12.6. The number of nitrogens with zero attached hydrogens (tertiary/aromatic N) is 4. The zero-order valence-corrected chi connectivity index (χ0v) is 22.9. The molecular weight excluding hydrogens is 479 g/mol. The first-order chi connectivity index (χ1) is 17.9. The van der Waals surface area contributed by atoms with E-state index >= 15 is 0 Å². The van der Waals surface area contributed by atoms with Gasteiger partial charge in [0.1, 0.15) is 11.6 Å². The number of para-hydroxylation sites is 1. The molecular formula is C29H37N6OP. The van der Waals surface area contributed by atoms with Crippen molar-refractivity contribution in [2.75, 3.05) is 36.5 Å². The number of nitrogens with two attached hydrogens (primary N) is 1. The Morgan fingerprint density at radius 2 is 1.97 bits per heavy atom. The molecule has 1 saturated heterocycles. The smallest absolute Gasteiger partial charge is 0.165 e. The second-order valence-corrected chi connectivity index (χ2v) is 10.5. The van der Waals surface area contributed by atoms with Crippen molar-refractivity contribution in [3.05, 3.63) is 78.6 Å². The molecule has 8 heteroatoms. The van der Waals surface area contributed by atoms with Crippen LogP contribution in [0.25, 0.3) is 16.9 Å². The van der Waals surface area contributed by atoms with Crippen molar-refractivity contribution in [2.24, 2.45) is 11.7 Å². The van der Waals surface area contributed by atoms with Crippen molar-refractivity contribution >= 4 is 31.0 Å². The Labute approximate surface area is 221 Å². The molecule has 5 rings (SSSR count). The number of anilines is 2. The van der Waals surface area contributed by atoms with Crippen LogP contribution in [0, 0.1) is 19.8 Å². The summed E-state index contributed by atoms with van der Waals surface area (Å²) in [4.78, 5) is 7.37. The number of piperidine rings is 1. The van der Waals surface area contributed by atoms with Crippen LogP contribution in [0.5, 0.6) is 5.75 Å². The lowest BCUT2D eigenvalue weighted by Gasteiger charge is -2.35. The molecule has 0 radical (unpaired) electrons. The average molecular weight is 517 g/mol. The van der Waals surface area contributed by atoms with Crippen LogP contribution in [0.1, 0.15) is 24.0 Å². The monoisotopic (exact) mass is 516 g/mol. The van der Waals surface area contributed by atoms with Crippen LogP contribution in [0.15, 0.2) is 67.5 Å². The lowest BCUT2D eigenvalue weighted by atomic mass is 9.97. The third-order valence-electron chi connectivity index (χ3n) is 6.87. The van der Waals surface area contributed by atoms with Gasteiger partial charge in [-0.3, -0.25) is 0 Å². The van der Waals surface area contributed by atoms with Gasteiger partial charge in [-0.15, -0.1) is 0 Å². The molecule has 194 valence electrons. The number of benzene rings is 2. The molecule has 4 aromatic rings. The fourth-order valence-electron chi connectivity index (χ4n) is 4.73. The summed E-state index contributed by atoms with van der Waals surface area (Å²) in [5, 5.41) is 19.8. The SMILES string of the molecule is C=CN.CPc1cnn2c(NCC3CCCN(c4ccc(C)c(C)c4)C3)cc(-c3ccccc3O)nc12. The lowest BCUT2D eigenvalue weighted by Crippen LogP contribution is -2.38. The molecule has 0 spiro atoms. The van der Waals surface area contributed by atoms with Crippen LogP contribution in [-0.2, 0) is 0 Å². The van der Waals surface area contributed by atoms with Crippen LogP contribution in [0.4, 0.5) is 11.5 Å². The van der Waals surface area contributed by atoms with Gasteiger partial charge in [-0.25, -0.2) is 4.98 Å². The maximum absolute atomic E-state index is 10.4. The van der Waals surface area contributed by atoms with Gasteiger partial charge in [0.05, 0.1) is 11.9 Å². The van der Waals surface area contributed by atoms with Crippen molar-refractivity contribution in [1.82, 2.24) is 14.6 Å². The van der Waals surface area contributed by atoms with E-state index in [2.05, 4.69) is 66.3 Å². The number of aromatic nitrogens is 3. The Morgan fingerprint density at radius 3 is 2.70 bits per heavy atom. The third kappa shape index (κ3) is 6.05. The number of hydrogen-bond donors (Lipinski definition) is 3. The Bertz CT molecular complexity index is 1370. The Balaban J connectivity index is 0.00000102. The number of fused-ring (bicyclic) bond motifs is 1. The second kappa shape index (κ2) is 12.1. The minimum atomic E-state index is 0.238. The van der Waals surface area contributed by atoms with Gasteiger partial charge in [0.15, 0.2) is 5.65 Å². The van der Waals surface area contributed by atoms with Gasteiger partial charge in [0.25, 0.3) is 0 Å². The fraction of sp³-hybridized carbons (Fsp3) is 0.310. The molecule has 1 aliphatic rings. The standard InChI is InChI=1S/C27H32N5OP.C2H5N/c1-18-10-11-21(13-19(18)2)31-12-6-7-20(17-31)15-28-26-14-23(22-8-4-5-9-24(22)33)30-27-25(34-3)16-29-32(26)27;1-2-3/h4-5,8-11,13-14,16,20,28,33-34H,6-7,12,15,17H2,1-3H3;2H,1,3H2. The van der Waals surface area contributed by atoms with Crippen molar-refractivity contribution in [3.8, 4) is 17.0 Å². The van der Waals surface area contributed by atoms with Gasteiger partial charge in [-0.2, -0.15) is 9.61 Å². The molecule has 1 aliphatic heterocycles. The normalized spacial score (nSPS) is 15.5. The molecule has 0 bridgehead atoms. The molecule has 3 heterocycles. The number of nitrogens with one attached hydrogen (secondary N) is 1. The van der Waals surface area contributed by atoms with E-state index in [9.17, 15) is 5.11 Å². The zero-order valence-electron chi connectivity index (χ0n) is 21.9. The van der Waals surface area contributed by atoms with Crippen molar-refractivity contribution in [2.45, 2.75) is 26.7 Å². The van der Waals surface area contributed by atoms with E-state index in [1.807, 2.05) is 35.0 Å². The zero-order chi connectivity index (χ0) is 26.4. The van der Waals surface area contributed by atoms with Gasteiger partial charge in [0, 0.05) is 42.3 Å². The van der Waals surface area contributed by atoms with E-state index in [-0.39, 0.29) is 5.75 Å². The van der Waals surface area contributed by atoms with Crippen LogP contribution >= 0.6 is 8.58 Å². The minimum Gasteiger partial charge on any atom is -0.507 e. The quantitative estimate of drug-likeness (QED) is 0.310. The summed E-state index contributed by atoms with van der Waals surface area (Å²) in [6, 6.07) is 16.2. The van der Waals surface area contributed by atoms with Gasteiger partial charge in [0.2, 0.25) is 0 Å². The molecule has 37 heavy (non-hydrogen) atoms. The van der Waals surface area contributed by atoms with Gasteiger partial charge in [-0.1, -0.05) is 33.4 Å². The summed E-state index contributed by atoms with van der Waals surface area (Å²) in [6.07, 6.45) is 5.55. The average Bonchev–Trinajstić information content (AvgIpc) is 3.33. The maximum atomic E-state index is 10.4. The fourth-order valence-corrected chi connectivity index (χ4v) is 5.30. The highest BCUT2D eigenvalue weighted by Crippen LogP contribution is 2.30. The largest absolute Gasteiger partial charge is 0.507 e. The van der Waals surface area contributed by atoms with E-state index in [1.54, 1.807) is 6.07 Å². The molecule has 1 fully saturated rings. The summed E-state index contributed by atoms with van der Waals surface area (Å²) in [5.41, 5.74) is 11.0. The molecule has 0 amide bonds. The number of aryl methyl sites for hydroxylation is 2. The lowest BCUT2D eigenvalue weighted by molar-refractivity contribution is 0.431. The van der Waals surface area contributed by atoms with Crippen LogP contribution < -0.4 is 21.3 Å². The molecule has 2 aromatic heterocycles. The summed E-state index contributed by atoms with van der Waals surface area (Å²) in [5.74, 6) is 1.69. The molecule has 0 aliphatic carbocycles. The highest BCUT2D eigenvalue weighted by molar-refractivity contribution is 7.46. The Morgan fingerprint density at radius 1 is 1.19 bits per heavy atom. The summed E-state index contributed by atoms with van der Waals surface area (Å²) < 4.78 is 1.90. The van der Waals surface area contributed by atoms with Gasteiger partial charge in [-0.05, 0) is 80.9 Å². The van der Waals surface area contributed by atoms with Crippen molar-refractivity contribution in [3.63, 3.8) is 0 Å². The molecule has 2 aromatic carbocycles. The number of hydrogen-bond acceptors (Lipinski definition) is 6. The molecule has 4 N–H and O–H groups in total. The van der Waals surface area contributed by atoms with E-state index in [0.29, 0.717) is 14.5 Å². The van der Waals surface area contributed by atoms with Gasteiger partial charge < -0.3 is 21.1 Å². The van der Waals surface area contributed by atoms with E-state index in [0.717, 1.165) is 47.7 Å².